The van der Waals surface area contributed by atoms with Crippen LogP contribution in [0.2, 0.25) is 0 Å². The number of likely N-dealkylation sites (tertiary alicyclic amines) is 1. The molecule has 3 aromatic carbocycles. The zero-order chi connectivity index (χ0) is 34.8. The first kappa shape index (κ1) is 32.4. The largest absolute Gasteiger partial charge is 0.488 e. The number of benzene rings is 3. The number of carbonyl (C=O) groups excluding carboxylic acids is 3. The van der Waals surface area contributed by atoms with Crippen molar-refractivity contribution in [3.05, 3.63) is 113 Å². The van der Waals surface area contributed by atoms with E-state index in [9.17, 15) is 19.6 Å². The van der Waals surface area contributed by atoms with Crippen LogP contribution in [0.3, 0.4) is 0 Å². The average Bonchev–Trinajstić information content (AvgIpc) is 3.50. The van der Waals surface area contributed by atoms with Crippen LogP contribution in [0.25, 0.3) is 10.2 Å². The van der Waals surface area contributed by atoms with Crippen molar-refractivity contribution < 1.29 is 23.9 Å². The molecule has 5 aromatic rings. The first-order chi connectivity index (χ1) is 24.3. The molecule has 4 heterocycles. The lowest BCUT2D eigenvalue weighted by Gasteiger charge is -2.32. The van der Waals surface area contributed by atoms with E-state index in [2.05, 4.69) is 28.3 Å². The van der Waals surface area contributed by atoms with Crippen LogP contribution >= 0.6 is 11.3 Å². The SMILES string of the molecule is C=CC(=O)N1CCCC(NC(=O)c2sc3nccc4c3c2NC(=O)N4c2ccc(Oc3cccc(COc4ccccc4C#N)c3)cc2C)C1. The van der Waals surface area contributed by atoms with Crippen molar-refractivity contribution in [3.63, 3.8) is 0 Å². The number of pyridine rings is 1. The van der Waals surface area contributed by atoms with Gasteiger partial charge in [0.1, 0.15) is 39.6 Å². The third-order valence-corrected chi connectivity index (χ3v) is 9.74. The third kappa shape index (κ3) is 6.34. The normalized spacial score (nSPS) is 15.2. The first-order valence-electron chi connectivity index (χ1n) is 16.1. The van der Waals surface area contributed by atoms with Crippen LogP contribution in [0.5, 0.6) is 17.2 Å². The maximum absolute atomic E-state index is 13.7. The van der Waals surface area contributed by atoms with Crippen LogP contribution in [0.1, 0.15) is 39.2 Å². The molecule has 1 saturated heterocycles. The van der Waals surface area contributed by atoms with Crippen LogP contribution in [0.4, 0.5) is 21.9 Å². The molecule has 2 aliphatic heterocycles. The Morgan fingerprint density at radius 2 is 1.96 bits per heavy atom. The number of aromatic nitrogens is 1. The zero-order valence-electron chi connectivity index (χ0n) is 27.1. The second-order valence-electron chi connectivity index (χ2n) is 12.0. The molecule has 0 saturated carbocycles. The molecule has 250 valence electrons. The smallest absolute Gasteiger partial charge is 0.331 e. The van der Waals surface area contributed by atoms with E-state index in [1.807, 2.05) is 49.4 Å². The van der Waals surface area contributed by atoms with E-state index < -0.39 is 6.03 Å². The number of aryl methyl sites for hydroxylation is 1. The third-order valence-electron chi connectivity index (χ3n) is 8.64. The van der Waals surface area contributed by atoms with E-state index in [1.165, 1.54) is 17.4 Å². The topological polar surface area (TPSA) is 137 Å². The van der Waals surface area contributed by atoms with Crippen LogP contribution in [0.15, 0.2) is 91.6 Å². The number of urea groups is 1. The van der Waals surface area contributed by atoms with Gasteiger partial charge in [0, 0.05) is 25.3 Å². The average molecular weight is 685 g/mol. The highest BCUT2D eigenvalue weighted by Crippen LogP contribution is 2.46. The number of hydrogen-bond donors (Lipinski definition) is 2. The predicted molar refractivity (Wildman–Crippen MR) is 191 cm³/mol. The number of carbonyl (C=O) groups is 3. The quantitative estimate of drug-likeness (QED) is 0.154. The molecule has 12 heteroatoms. The number of ether oxygens (including phenoxy) is 2. The molecule has 0 radical (unpaired) electrons. The Morgan fingerprint density at radius 1 is 1.12 bits per heavy atom. The standard InChI is InChI=1S/C38H32N6O5S/c1-3-32(45)43-17-7-10-26(21-43)41-36(46)35-34-33-30(15-16-40-37(33)50-35)44(38(47)42-34)29-14-13-28(18-23(29)2)49-27-11-6-8-24(19-27)22-48-31-12-5-4-9-25(31)20-39/h3-6,8-9,11-16,18-19,26H,1,7,10,17,21-22H2,2H3,(H,41,46)(H,42,47). The van der Waals surface area contributed by atoms with Gasteiger partial charge in [-0.3, -0.25) is 14.5 Å². The van der Waals surface area contributed by atoms with Gasteiger partial charge in [-0.25, -0.2) is 9.78 Å². The van der Waals surface area contributed by atoms with Gasteiger partial charge < -0.3 is 25.0 Å². The molecule has 11 nitrogen and oxygen atoms in total. The number of amides is 4. The van der Waals surface area contributed by atoms with Crippen molar-refractivity contribution in [2.24, 2.45) is 0 Å². The Hall–Kier alpha value is -6.19. The van der Waals surface area contributed by atoms with Crippen molar-refractivity contribution in [1.29, 1.82) is 5.26 Å². The van der Waals surface area contributed by atoms with Gasteiger partial charge in [-0.15, -0.1) is 11.3 Å². The van der Waals surface area contributed by atoms with Gasteiger partial charge in [0.05, 0.1) is 28.0 Å². The fourth-order valence-corrected chi connectivity index (χ4v) is 7.30. The van der Waals surface area contributed by atoms with E-state index in [4.69, 9.17) is 9.47 Å². The number of nitrogens with one attached hydrogen (secondary N) is 2. The number of nitriles is 1. The number of nitrogens with zero attached hydrogens (tertiary/aromatic N) is 4. The summed E-state index contributed by atoms with van der Waals surface area (Å²) in [6.07, 6.45) is 4.43. The summed E-state index contributed by atoms with van der Waals surface area (Å²) < 4.78 is 12.1. The summed E-state index contributed by atoms with van der Waals surface area (Å²) in [4.78, 5) is 48.2. The Kier molecular flexibility index (Phi) is 8.89. The second-order valence-corrected chi connectivity index (χ2v) is 13.0. The lowest BCUT2D eigenvalue weighted by molar-refractivity contribution is -0.127. The summed E-state index contributed by atoms with van der Waals surface area (Å²) in [7, 11) is 0. The molecule has 2 aromatic heterocycles. The summed E-state index contributed by atoms with van der Waals surface area (Å²) in [5, 5.41) is 16.0. The molecule has 0 bridgehead atoms. The second kappa shape index (κ2) is 13.7. The van der Waals surface area contributed by atoms with Crippen LogP contribution in [-0.4, -0.2) is 46.9 Å². The van der Waals surface area contributed by atoms with E-state index >= 15 is 0 Å². The molecule has 1 unspecified atom stereocenters. The lowest BCUT2D eigenvalue weighted by atomic mass is 10.1. The molecular weight excluding hydrogens is 653 g/mol. The molecule has 4 amide bonds. The number of para-hydroxylation sites is 1. The van der Waals surface area contributed by atoms with Gasteiger partial charge in [0.2, 0.25) is 5.91 Å². The molecule has 2 N–H and O–H groups in total. The van der Waals surface area contributed by atoms with E-state index in [1.54, 1.807) is 46.3 Å². The molecular formula is C38H32N6O5S. The maximum atomic E-state index is 13.7. The van der Waals surface area contributed by atoms with E-state index in [0.29, 0.717) is 68.1 Å². The number of piperidine rings is 1. The zero-order valence-corrected chi connectivity index (χ0v) is 28.0. The molecule has 1 fully saturated rings. The lowest BCUT2D eigenvalue weighted by Crippen LogP contribution is -2.49. The fourth-order valence-electron chi connectivity index (χ4n) is 6.28. The Bertz CT molecular complexity index is 2210. The molecule has 0 spiro atoms. The van der Waals surface area contributed by atoms with Crippen LogP contribution < -0.4 is 25.0 Å². The van der Waals surface area contributed by atoms with Crippen LogP contribution in [0, 0.1) is 18.3 Å². The Labute approximate surface area is 292 Å². The highest BCUT2D eigenvalue weighted by Gasteiger charge is 2.34. The van der Waals surface area contributed by atoms with Gasteiger partial charge in [-0.2, -0.15) is 5.26 Å². The number of anilines is 3. The van der Waals surface area contributed by atoms with Crippen molar-refractivity contribution in [2.45, 2.75) is 32.4 Å². The van der Waals surface area contributed by atoms with Gasteiger partial charge in [0.25, 0.3) is 5.91 Å². The number of thiophene rings is 1. The highest BCUT2D eigenvalue weighted by atomic mass is 32.1. The maximum Gasteiger partial charge on any atom is 0.331 e. The molecule has 2 aliphatic rings. The van der Waals surface area contributed by atoms with Crippen molar-refractivity contribution in [3.8, 4) is 23.3 Å². The summed E-state index contributed by atoms with van der Waals surface area (Å²) in [5.74, 6) is 1.24. The van der Waals surface area contributed by atoms with E-state index in [0.717, 1.165) is 24.0 Å². The minimum Gasteiger partial charge on any atom is -0.488 e. The predicted octanol–water partition coefficient (Wildman–Crippen LogP) is 7.44. The van der Waals surface area contributed by atoms with Gasteiger partial charge in [-0.05, 0) is 85.5 Å². The monoisotopic (exact) mass is 684 g/mol. The van der Waals surface area contributed by atoms with Crippen molar-refractivity contribution in [2.75, 3.05) is 23.3 Å². The Balaban J connectivity index is 1.09. The summed E-state index contributed by atoms with van der Waals surface area (Å²) in [6, 6.07) is 23.4. The molecule has 7 rings (SSSR count). The summed E-state index contributed by atoms with van der Waals surface area (Å²) >= 11 is 1.22. The van der Waals surface area contributed by atoms with Crippen molar-refractivity contribution >= 4 is 56.5 Å². The van der Waals surface area contributed by atoms with Gasteiger partial charge in [0.15, 0.2) is 0 Å². The minimum absolute atomic E-state index is 0.160. The van der Waals surface area contributed by atoms with Gasteiger partial charge >= 0.3 is 6.03 Å². The molecule has 50 heavy (non-hydrogen) atoms. The number of hydrogen-bond acceptors (Lipinski definition) is 8. The van der Waals surface area contributed by atoms with Crippen molar-refractivity contribution in [1.82, 2.24) is 15.2 Å². The highest BCUT2D eigenvalue weighted by molar-refractivity contribution is 7.21. The van der Waals surface area contributed by atoms with Gasteiger partial charge in [-0.1, -0.05) is 30.8 Å². The Morgan fingerprint density at radius 3 is 2.78 bits per heavy atom. The first-order valence-corrected chi connectivity index (χ1v) is 16.9. The summed E-state index contributed by atoms with van der Waals surface area (Å²) in [5.41, 5.74) is 3.84. The number of rotatable bonds is 9. The fraction of sp³-hybridized carbons (Fsp3) is 0.184. The summed E-state index contributed by atoms with van der Waals surface area (Å²) in [6.45, 7) is 6.76. The van der Waals surface area contributed by atoms with Crippen LogP contribution in [-0.2, 0) is 11.4 Å². The molecule has 0 aliphatic carbocycles. The molecule has 1 atom stereocenters. The minimum atomic E-state index is -0.402. The van der Waals surface area contributed by atoms with E-state index in [-0.39, 0.29) is 24.5 Å².